The predicted octanol–water partition coefficient (Wildman–Crippen LogP) is 19.7. The lowest BCUT2D eigenvalue weighted by Gasteiger charge is -2.36. The van der Waals surface area contributed by atoms with Gasteiger partial charge in [-0.25, -0.2) is 0 Å². The molecule has 0 N–H and O–H groups in total. The summed E-state index contributed by atoms with van der Waals surface area (Å²) in [6.07, 6.45) is 15.1. The van der Waals surface area contributed by atoms with Crippen molar-refractivity contribution in [1.82, 2.24) is 0 Å². The predicted molar refractivity (Wildman–Crippen MR) is 305 cm³/mol. The van der Waals surface area contributed by atoms with Gasteiger partial charge in [-0.2, -0.15) is 0 Å². The summed E-state index contributed by atoms with van der Waals surface area (Å²) in [5.41, 5.74) is 22.7. The minimum Gasteiger partial charge on any atom is -0.311 e. The van der Waals surface area contributed by atoms with E-state index in [0.717, 1.165) is 35.6 Å². The van der Waals surface area contributed by atoms with E-state index < -0.39 is 0 Å². The number of anilines is 6. The van der Waals surface area contributed by atoms with Crippen molar-refractivity contribution in [3.63, 3.8) is 0 Å². The molecular formula is C70H56N2. The number of fused-ring (bicyclic) bond motifs is 6. The number of hydrogen-bond donors (Lipinski definition) is 0. The zero-order valence-electron chi connectivity index (χ0n) is 40.6. The van der Waals surface area contributed by atoms with Crippen molar-refractivity contribution in [1.29, 1.82) is 0 Å². The van der Waals surface area contributed by atoms with E-state index in [2.05, 4.69) is 265 Å². The Bertz CT molecular complexity index is 3630. The molecule has 3 aliphatic carbocycles. The molecule has 0 amide bonds. The molecule has 1 saturated carbocycles. The number of benzene rings is 10. The maximum absolute atomic E-state index is 2.54. The molecule has 0 saturated heterocycles. The van der Waals surface area contributed by atoms with Crippen LogP contribution in [0.5, 0.6) is 0 Å². The summed E-state index contributed by atoms with van der Waals surface area (Å²) in [7, 11) is 0. The summed E-state index contributed by atoms with van der Waals surface area (Å²) >= 11 is 0. The number of rotatable bonds is 10. The molecule has 0 unspecified atom stereocenters. The molecule has 2 heteroatoms. The fraction of sp³-hybridized carbons (Fsp3) is 0.114. The van der Waals surface area contributed by atoms with Crippen LogP contribution in [0.25, 0.3) is 60.9 Å². The normalized spacial score (nSPS) is 14.4. The number of allylic oxidation sites excluding steroid dienone is 4. The highest BCUT2D eigenvalue weighted by Crippen LogP contribution is 2.57. The Morgan fingerprint density at radius 2 is 0.861 bits per heavy atom. The van der Waals surface area contributed by atoms with Gasteiger partial charge in [-0.05, 0) is 171 Å². The van der Waals surface area contributed by atoms with Crippen molar-refractivity contribution in [2.45, 2.75) is 50.4 Å². The van der Waals surface area contributed by atoms with Crippen molar-refractivity contribution in [3.8, 4) is 44.5 Å². The highest BCUT2D eigenvalue weighted by Gasteiger charge is 2.44. The molecule has 346 valence electrons. The molecule has 1 spiro atoms. The van der Waals surface area contributed by atoms with Gasteiger partial charge in [0, 0.05) is 39.2 Å². The minimum absolute atomic E-state index is 0.0725. The largest absolute Gasteiger partial charge is 0.311 e. The lowest BCUT2D eigenvalue weighted by Crippen LogP contribution is -2.28. The average molecular weight is 925 g/mol. The van der Waals surface area contributed by atoms with E-state index in [4.69, 9.17) is 0 Å². The highest BCUT2D eigenvalue weighted by molar-refractivity contribution is 5.99. The third-order valence-corrected chi connectivity index (χ3v) is 15.7. The topological polar surface area (TPSA) is 6.48 Å². The zero-order valence-corrected chi connectivity index (χ0v) is 40.6. The molecule has 13 rings (SSSR count). The third-order valence-electron chi connectivity index (χ3n) is 15.7. The fourth-order valence-corrected chi connectivity index (χ4v) is 12.1. The first-order valence-electron chi connectivity index (χ1n) is 25.9. The summed E-state index contributed by atoms with van der Waals surface area (Å²) < 4.78 is 0. The lowest BCUT2D eigenvalue weighted by atomic mass is 9.68. The quantitative estimate of drug-likeness (QED) is 0.135. The van der Waals surface area contributed by atoms with Crippen molar-refractivity contribution >= 4 is 50.5 Å². The van der Waals surface area contributed by atoms with E-state index in [9.17, 15) is 0 Å². The van der Waals surface area contributed by atoms with Gasteiger partial charge in [-0.1, -0.05) is 201 Å². The second-order valence-corrected chi connectivity index (χ2v) is 19.9. The molecule has 10 aromatic carbocycles. The summed E-state index contributed by atoms with van der Waals surface area (Å²) in [6, 6.07) is 87.9. The van der Waals surface area contributed by atoms with Gasteiger partial charge in [-0.3, -0.25) is 0 Å². The van der Waals surface area contributed by atoms with Gasteiger partial charge in [0.1, 0.15) is 0 Å². The van der Waals surface area contributed by atoms with Crippen molar-refractivity contribution in [3.05, 3.63) is 272 Å². The van der Waals surface area contributed by atoms with Gasteiger partial charge in [-0.15, -0.1) is 0 Å². The molecule has 0 atom stereocenters. The van der Waals surface area contributed by atoms with Gasteiger partial charge < -0.3 is 9.80 Å². The fourth-order valence-electron chi connectivity index (χ4n) is 12.1. The van der Waals surface area contributed by atoms with Gasteiger partial charge in [0.25, 0.3) is 0 Å². The van der Waals surface area contributed by atoms with Crippen LogP contribution in [0.4, 0.5) is 34.1 Å². The first-order valence-corrected chi connectivity index (χ1v) is 25.9. The number of nitrogens with zero attached hydrogens (tertiary/aromatic N) is 2. The van der Waals surface area contributed by atoms with Crippen LogP contribution in [-0.2, 0) is 5.41 Å². The Morgan fingerprint density at radius 3 is 1.53 bits per heavy atom. The third kappa shape index (κ3) is 7.94. The van der Waals surface area contributed by atoms with E-state index in [1.54, 1.807) is 0 Å². The molecule has 3 aliphatic rings. The van der Waals surface area contributed by atoms with Crippen LogP contribution in [0, 0.1) is 0 Å². The summed E-state index contributed by atoms with van der Waals surface area (Å²) in [5, 5.41) is 2.48. The van der Waals surface area contributed by atoms with Crippen LogP contribution in [0.2, 0.25) is 0 Å². The van der Waals surface area contributed by atoms with Crippen molar-refractivity contribution in [2.75, 3.05) is 9.80 Å². The maximum atomic E-state index is 2.54. The SMILES string of the molecule is C1=CCCC(c2ccc(N(c3ccc(-c4ccc(N(c5ccc6c(c5)C5(CCCCC5)c5ccccc5-6)c5cccc6ccccc56)cc4)cc3)c3ccc(-c4cccc(-c5ccccc5)c4)cc3)cc2)=C1. The van der Waals surface area contributed by atoms with Gasteiger partial charge >= 0.3 is 0 Å². The van der Waals surface area contributed by atoms with Crippen molar-refractivity contribution < 1.29 is 0 Å². The first kappa shape index (κ1) is 43.6. The molecule has 72 heavy (non-hydrogen) atoms. The first-order chi connectivity index (χ1) is 35.7. The van der Waals surface area contributed by atoms with Crippen LogP contribution >= 0.6 is 0 Å². The van der Waals surface area contributed by atoms with E-state index in [1.165, 1.54) is 121 Å². The lowest BCUT2D eigenvalue weighted by molar-refractivity contribution is 0.353. The summed E-state index contributed by atoms with van der Waals surface area (Å²) in [5.74, 6) is 0. The molecular weight excluding hydrogens is 869 g/mol. The second-order valence-electron chi connectivity index (χ2n) is 19.9. The molecule has 1 fully saturated rings. The van der Waals surface area contributed by atoms with E-state index in [1.807, 2.05) is 0 Å². The molecule has 0 bridgehead atoms. The molecule has 0 heterocycles. The van der Waals surface area contributed by atoms with Gasteiger partial charge in [0.05, 0.1) is 5.69 Å². The molecule has 0 aromatic heterocycles. The molecule has 0 radical (unpaired) electrons. The second kappa shape index (κ2) is 18.7. The highest BCUT2D eigenvalue weighted by atomic mass is 15.1. The maximum Gasteiger partial charge on any atom is 0.0540 e. The van der Waals surface area contributed by atoms with Crippen LogP contribution < -0.4 is 9.80 Å². The Morgan fingerprint density at radius 1 is 0.347 bits per heavy atom. The molecule has 2 nitrogen and oxygen atoms in total. The monoisotopic (exact) mass is 924 g/mol. The smallest absolute Gasteiger partial charge is 0.0540 e. The molecule has 0 aliphatic heterocycles. The van der Waals surface area contributed by atoms with E-state index >= 15 is 0 Å². The van der Waals surface area contributed by atoms with Crippen molar-refractivity contribution in [2.24, 2.45) is 0 Å². The van der Waals surface area contributed by atoms with Gasteiger partial charge in [0.2, 0.25) is 0 Å². The van der Waals surface area contributed by atoms with Crippen LogP contribution in [0.1, 0.15) is 61.6 Å². The van der Waals surface area contributed by atoms with E-state index in [-0.39, 0.29) is 5.41 Å². The average Bonchev–Trinajstić information content (AvgIpc) is 3.72. The van der Waals surface area contributed by atoms with Crippen LogP contribution in [-0.4, -0.2) is 0 Å². The number of hydrogen-bond acceptors (Lipinski definition) is 2. The standard InChI is InChI=1S/C70H56N2/c1-4-16-50(17-5-1)52-28-36-59(37-29-52)71(61-40-34-55(35-41-61)58-23-14-22-57(48-58)51-18-6-2-7-19-51)60-38-30-53(31-39-60)54-32-42-62(43-33-54)72(69-27-15-21-56-20-8-9-24-64(56)69)63-44-45-66-65-25-10-11-26-67(65)70(68(66)49-63)46-12-3-13-47-70/h1-2,4,6-11,14-16,18-45,48-49H,3,5,12-13,17,46-47H2. The Labute approximate surface area is 424 Å². The minimum atomic E-state index is 0.0725. The van der Waals surface area contributed by atoms with Crippen LogP contribution in [0.15, 0.2) is 255 Å². The van der Waals surface area contributed by atoms with Gasteiger partial charge in [0.15, 0.2) is 0 Å². The van der Waals surface area contributed by atoms with Crippen LogP contribution in [0.3, 0.4) is 0 Å². The Balaban J connectivity index is 0.844. The van der Waals surface area contributed by atoms with E-state index in [0.29, 0.717) is 0 Å². The molecule has 10 aromatic rings. The Hall–Kier alpha value is -8.46. The Kier molecular flexibility index (Phi) is 11.3. The summed E-state index contributed by atoms with van der Waals surface area (Å²) in [6.45, 7) is 0. The summed E-state index contributed by atoms with van der Waals surface area (Å²) in [4.78, 5) is 4.87. The zero-order chi connectivity index (χ0) is 47.8.